The van der Waals surface area contributed by atoms with Gasteiger partial charge in [-0.05, 0) is 31.2 Å². The number of amides is 1. The summed E-state index contributed by atoms with van der Waals surface area (Å²) in [6.45, 7) is 2.31. The molecule has 0 spiro atoms. The lowest BCUT2D eigenvalue weighted by Gasteiger charge is -2.22. The Labute approximate surface area is 135 Å². The van der Waals surface area contributed by atoms with E-state index in [1.165, 1.54) is 0 Å². The van der Waals surface area contributed by atoms with Crippen molar-refractivity contribution in [2.45, 2.75) is 13.0 Å². The fraction of sp³-hybridized carbons (Fsp3) is 0.286. The third kappa shape index (κ3) is 3.97. The van der Waals surface area contributed by atoms with Crippen LogP contribution in [-0.4, -0.2) is 40.2 Å². The Hall–Kier alpha value is -1.56. The van der Waals surface area contributed by atoms with Gasteiger partial charge in [0.2, 0.25) is 0 Å². The van der Waals surface area contributed by atoms with Crippen molar-refractivity contribution in [3.05, 3.63) is 47.2 Å². The molecule has 1 aromatic carbocycles. The fourth-order valence-electron chi connectivity index (χ4n) is 1.74. The first-order valence-corrected chi connectivity index (χ1v) is 6.69. The van der Waals surface area contributed by atoms with Gasteiger partial charge in [-0.3, -0.25) is 4.79 Å². The molecule has 1 aromatic heterocycles. The van der Waals surface area contributed by atoms with E-state index in [1.807, 2.05) is 19.1 Å². The second-order valence-corrected chi connectivity index (χ2v) is 5.06. The van der Waals surface area contributed by atoms with Gasteiger partial charge in [-0.2, -0.15) is 5.10 Å². The second kappa shape index (κ2) is 7.45. The Morgan fingerprint density at radius 3 is 2.81 bits per heavy atom. The van der Waals surface area contributed by atoms with Crippen LogP contribution in [-0.2, 0) is 0 Å². The van der Waals surface area contributed by atoms with E-state index in [9.17, 15) is 4.79 Å². The molecular formula is C14H18Cl2N4O. The fourth-order valence-corrected chi connectivity index (χ4v) is 1.92. The van der Waals surface area contributed by atoms with Crippen molar-refractivity contribution in [3.63, 3.8) is 0 Å². The lowest BCUT2D eigenvalue weighted by molar-refractivity contribution is 0.0742. The summed E-state index contributed by atoms with van der Waals surface area (Å²) in [4.78, 5) is 13.8. The molecule has 0 bridgehead atoms. The van der Waals surface area contributed by atoms with E-state index in [0.717, 1.165) is 5.69 Å². The van der Waals surface area contributed by atoms with Gasteiger partial charge in [0.1, 0.15) is 0 Å². The summed E-state index contributed by atoms with van der Waals surface area (Å²) in [6.07, 6.45) is 1.74. The lowest BCUT2D eigenvalue weighted by Crippen LogP contribution is -2.39. The van der Waals surface area contributed by atoms with Gasteiger partial charge in [0.25, 0.3) is 5.91 Å². The molecule has 0 saturated carbocycles. The maximum atomic E-state index is 12.2. The van der Waals surface area contributed by atoms with Gasteiger partial charge in [-0.15, -0.1) is 12.4 Å². The zero-order valence-electron chi connectivity index (χ0n) is 11.9. The Bertz CT molecular complexity index is 615. The topological polar surface area (TPSA) is 64.2 Å². The average Bonchev–Trinajstić information content (AvgIpc) is 2.94. The van der Waals surface area contributed by atoms with Crippen molar-refractivity contribution in [1.82, 2.24) is 14.7 Å². The summed E-state index contributed by atoms with van der Waals surface area (Å²) in [5.41, 5.74) is 6.76. The minimum atomic E-state index is -0.149. The van der Waals surface area contributed by atoms with Crippen molar-refractivity contribution in [2.75, 3.05) is 13.6 Å². The number of carbonyl (C=O) groups excluding carboxylic acids is 1. The van der Waals surface area contributed by atoms with Gasteiger partial charge < -0.3 is 10.6 Å². The third-order valence-corrected chi connectivity index (χ3v) is 3.44. The Morgan fingerprint density at radius 2 is 2.19 bits per heavy atom. The van der Waals surface area contributed by atoms with Crippen LogP contribution in [0.4, 0.5) is 0 Å². The zero-order valence-corrected chi connectivity index (χ0v) is 13.4. The molecule has 0 aliphatic carbocycles. The van der Waals surface area contributed by atoms with E-state index in [4.69, 9.17) is 17.3 Å². The zero-order chi connectivity index (χ0) is 14.7. The smallest absolute Gasteiger partial charge is 0.274 e. The molecule has 0 radical (unpaired) electrons. The largest absolute Gasteiger partial charge is 0.336 e. The molecule has 7 heteroatoms. The molecule has 114 valence electrons. The van der Waals surface area contributed by atoms with Crippen molar-refractivity contribution < 1.29 is 4.79 Å². The number of rotatable bonds is 4. The number of nitrogens with two attached hydrogens (primary N) is 1. The molecule has 1 heterocycles. The predicted molar refractivity (Wildman–Crippen MR) is 86.4 cm³/mol. The van der Waals surface area contributed by atoms with Gasteiger partial charge in [-0.25, -0.2) is 4.68 Å². The Balaban J connectivity index is 0.00000220. The van der Waals surface area contributed by atoms with Gasteiger partial charge in [-0.1, -0.05) is 17.7 Å². The van der Waals surface area contributed by atoms with Gasteiger partial charge in [0.05, 0.1) is 5.69 Å². The van der Waals surface area contributed by atoms with Crippen LogP contribution in [0.2, 0.25) is 5.02 Å². The number of nitrogens with zero attached hydrogens (tertiary/aromatic N) is 3. The van der Waals surface area contributed by atoms with Crippen molar-refractivity contribution in [1.29, 1.82) is 0 Å². The van der Waals surface area contributed by atoms with Crippen LogP contribution >= 0.6 is 24.0 Å². The quantitative estimate of drug-likeness (QED) is 0.937. The molecule has 0 aliphatic heterocycles. The number of hydrogen-bond donors (Lipinski definition) is 1. The van der Waals surface area contributed by atoms with E-state index in [0.29, 0.717) is 17.3 Å². The molecule has 0 fully saturated rings. The van der Waals surface area contributed by atoms with Crippen LogP contribution in [0.5, 0.6) is 0 Å². The highest BCUT2D eigenvalue weighted by molar-refractivity contribution is 6.30. The first-order valence-electron chi connectivity index (χ1n) is 6.31. The van der Waals surface area contributed by atoms with E-state index in [2.05, 4.69) is 5.10 Å². The Kier molecular flexibility index (Phi) is 6.20. The second-order valence-electron chi connectivity index (χ2n) is 4.63. The SMILES string of the molecule is CC(CN)N(C)C(=O)c1ccn(-c2cccc(Cl)c2)n1.Cl. The minimum Gasteiger partial charge on any atom is -0.336 e. The van der Waals surface area contributed by atoms with Crippen LogP contribution in [0, 0.1) is 0 Å². The van der Waals surface area contributed by atoms with Gasteiger partial charge in [0.15, 0.2) is 5.69 Å². The van der Waals surface area contributed by atoms with E-state index in [1.54, 1.807) is 41.0 Å². The first-order chi connectivity index (χ1) is 9.52. The van der Waals surface area contributed by atoms with Crippen molar-refractivity contribution in [3.8, 4) is 5.69 Å². The molecule has 1 unspecified atom stereocenters. The average molecular weight is 329 g/mol. The summed E-state index contributed by atoms with van der Waals surface area (Å²) in [6, 6.07) is 8.94. The number of benzene rings is 1. The predicted octanol–water partition coefficient (Wildman–Crippen LogP) is 2.37. The highest BCUT2D eigenvalue weighted by Gasteiger charge is 2.18. The molecule has 2 aromatic rings. The van der Waals surface area contributed by atoms with Gasteiger partial charge >= 0.3 is 0 Å². The highest BCUT2D eigenvalue weighted by Crippen LogP contribution is 2.15. The summed E-state index contributed by atoms with van der Waals surface area (Å²) >= 11 is 5.94. The molecule has 2 N–H and O–H groups in total. The maximum Gasteiger partial charge on any atom is 0.274 e. The van der Waals surface area contributed by atoms with E-state index >= 15 is 0 Å². The first kappa shape index (κ1) is 17.5. The van der Waals surface area contributed by atoms with Crippen molar-refractivity contribution >= 4 is 29.9 Å². The van der Waals surface area contributed by atoms with E-state index < -0.39 is 0 Å². The van der Waals surface area contributed by atoms with E-state index in [-0.39, 0.29) is 24.4 Å². The van der Waals surface area contributed by atoms with Gasteiger partial charge in [0, 0.05) is 30.9 Å². The molecule has 5 nitrogen and oxygen atoms in total. The number of likely N-dealkylation sites (N-methyl/N-ethyl adjacent to an activating group) is 1. The molecular weight excluding hydrogens is 311 g/mol. The third-order valence-electron chi connectivity index (χ3n) is 3.20. The van der Waals surface area contributed by atoms with Crippen LogP contribution < -0.4 is 5.73 Å². The molecule has 0 aliphatic rings. The summed E-state index contributed by atoms with van der Waals surface area (Å²) in [5, 5.41) is 4.91. The van der Waals surface area contributed by atoms with Crippen LogP contribution in [0.15, 0.2) is 36.5 Å². The molecule has 2 rings (SSSR count). The Morgan fingerprint density at radius 1 is 1.48 bits per heavy atom. The normalized spacial score (nSPS) is 11.6. The highest BCUT2D eigenvalue weighted by atomic mass is 35.5. The maximum absolute atomic E-state index is 12.2. The number of hydrogen-bond acceptors (Lipinski definition) is 3. The summed E-state index contributed by atoms with van der Waals surface area (Å²) < 4.78 is 1.63. The van der Waals surface area contributed by atoms with Crippen LogP contribution in [0.25, 0.3) is 5.69 Å². The molecule has 1 atom stereocenters. The molecule has 1 amide bonds. The van der Waals surface area contributed by atoms with Crippen molar-refractivity contribution in [2.24, 2.45) is 5.73 Å². The van der Waals surface area contributed by atoms with Crippen LogP contribution in [0.1, 0.15) is 17.4 Å². The minimum absolute atomic E-state index is 0. The standard InChI is InChI=1S/C14H17ClN4O.ClH/c1-10(9-16)18(2)14(20)13-6-7-19(17-13)12-5-3-4-11(15)8-12;/h3-8,10H,9,16H2,1-2H3;1H. The molecule has 0 saturated heterocycles. The van der Waals surface area contributed by atoms with Crippen LogP contribution in [0.3, 0.4) is 0 Å². The molecule has 21 heavy (non-hydrogen) atoms. The lowest BCUT2D eigenvalue weighted by atomic mass is 10.2. The summed E-state index contributed by atoms with van der Waals surface area (Å²) in [5.74, 6) is -0.149. The number of aromatic nitrogens is 2. The number of halogens is 2. The summed E-state index contributed by atoms with van der Waals surface area (Å²) in [7, 11) is 1.72. The number of carbonyl (C=O) groups is 1. The monoisotopic (exact) mass is 328 g/mol.